The number of esters is 1. The normalized spacial score (nSPS) is 24.1. The van der Waals surface area contributed by atoms with Crippen LogP contribution >= 0.6 is 0 Å². The lowest BCUT2D eigenvalue weighted by Gasteiger charge is -2.23. The van der Waals surface area contributed by atoms with Crippen LogP contribution in [0.15, 0.2) is 30.3 Å². The van der Waals surface area contributed by atoms with Gasteiger partial charge in [-0.2, -0.15) is 0 Å². The van der Waals surface area contributed by atoms with Crippen molar-refractivity contribution in [1.82, 2.24) is 0 Å². The molecule has 1 fully saturated rings. The first kappa shape index (κ1) is 10.6. The second kappa shape index (κ2) is 3.92. The number of benzene rings is 1. The Kier molecular flexibility index (Phi) is 2.60. The van der Waals surface area contributed by atoms with Crippen LogP contribution in [0.4, 0.5) is 0 Å². The van der Waals surface area contributed by atoms with E-state index in [9.17, 15) is 14.9 Å². The zero-order valence-electron chi connectivity index (χ0n) is 8.59. The molecule has 0 saturated carbocycles. The van der Waals surface area contributed by atoms with Crippen LogP contribution in [0.25, 0.3) is 0 Å². The Hall–Kier alpha value is -1.91. The smallest absolute Gasteiger partial charge is 0.307 e. The quantitative estimate of drug-likeness (QED) is 0.440. The van der Waals surface area contributed by atoms with E-state index in [1.54, 1.807) is 24.3 Å². The minimum atomic E-state index is -1.07. The van der Waals surface area contributed by atoms with Gasteiger partial charge >= 0.3 is 5.97 Å². The molecule has 0 aliphatic carbocycles. The molecule has 5 nitrogen and oxygen atoms in total. The Morgan fingerprint density at radius 2 is 2.06 bits per heavy atom. The maximum absolute atomic E-state index is 11.2. The minimum Gasteiger partial charge on any atom is -0.447 e. The molecule has 84 valence electrons. The lowest BCUT2D eigenvalue weighted by molar-refractivity contribution is -0.501. The van der Waals surface area contributed by atoms with Crippen molar-refractivity contribution in [3.63, 3.8) is 0 Å². The van der Waals surface area contributed by atoms with Crippen LogP contribution in [-0.4, -0.2) is 17.4 Å². The summed E-state index contributed by atoms with van der Waals surface area (Å²) in [5.74, 6) is -0.370. The third-order valence-corrected chi connectivity index (χ3v) is 2.73. The Morgan fingerprint density at radius 1 is 1.38 bits per heavy atom. The van der Waals surface area contributed by atoms with Crippen molar-refractivity contribution in [3.05, 3.63) is 46.0 Å². The average molecular weight is 221 g/mol. The van der Waals surface area contributed by atoms with Crippen molar-refractivity contribution < 1.29 is 14.5 Å². The molecule has 1 aliphatic heterocycles. The van der Waals surface area contributed by atoms with Crippen molar-refractivity contribution in [1.29, 1.82) is 0 Å². The Morgan fingerprint density at radius 3 is 2.56 bits per heavy atom. The molecule has 1 atom stereocenters. The number of nitrogens with zero attached hydrogens (tertiary/aromatic N) is 1. The first-order valence-corrected chi connectivity index (χ1v) is 5.02. The predicted molar refractivity (Wildman–Crippen MR) is 55.3 cm³/mol. The highest BCUT2D eigenvalue weighted by atomic mass is 16.6. The van der Waals surface area contributed by atoms with E-state index in [1.165, 1.54) is 0 Å². The number of carbonyl (C=O) groups is 1. The van der Waals surface area contributed by atoms with Crippen LogP contribution in [0.1, 0.15) is 18.4 Å². The Balaban J connectivity index is 2.35. The van der Waals surface area contributed by atoms with E-state index in [0.29, 0.717) is 12.0 Å². The van der Waals surface area contributed by atoms with Gasteiger partial charge in [-0.15, -0.1) is 0 Å². The molecule has 1 saturated heterocycles. The van der Waals surface area contributed by atoms with Crippen molar-refractivity contribution in [3.8, 4) is 0 Å². The number of rotatable bonds is 3. The van der Waals surface area contributed by atoms with Gasteiger partial charge in [0.05, 0.1) is 0 Å². The highest BCUT2D eigenvalue weighted by molar-refractivity contribution is 5.72. The summed E-state index contributed by atoms with van der Waals surface area (Å²) in [5, 5.41) is 10.7. The SMILES string of the molecule is O=C1CCC(C[N+](=O)[O-])(c2ccccc2)O1. The van der Waals surface area contributed by atoms with Crippen molar-refractivity contribution >= 4 is 5.97 Å². The molecular weight excluding hydrogens is 210 g/mol. The van der Waals surface area contributed by atoms with Crippen LogP contribution in [0, 0.1) is 10.1 Å². The summed E-state index contributed by atoms with van der Waals surface area (Å²) in [5.41, 5.74) is -0.375. The van der Waals surface area contributed by atoms with Crippen LogP contribution < -0.4 is 0 Å². The van der Waals surface area contributed by atoms with Crippen molar-refractivity contribution in [2.75, 3.05) is 6.54 Å². The van der Waals surface area contributed by atoms with Crippen LogP contribution in [0.5, 0.6) is 0 Å². The molecule has 16 heavy (non-hydrogen) atoms. The Bertz CT molecular complexity index is 417. The highest BCUT2D eigenvalue weighted by Crippen LogP contribution is 2.36. The van der Waals surface area contributed by atoms with Gasteiger partial charge in [0.25, 0.3) is 0 Å². The second-order valence-electron chi connectivity index (χ2n) is 3.83. The van der Waals surface area contributed by atoms with Gasteiger partial charge in [0.2, 0.25) is 12.1 Å². The number of ether oxygens (including phenoxy) is 1. The number of hydrogen-bond acceptors (Lipinski definition) is 4. The molecule has 0 N–H and O–H groups in total. The maximum atomic E-state index is 11.2. The van der Waals surface area contributed by atoms with E-state index >= 15 is 0 Å². The average Bonchev–Trinajstić information content (AvgIpc) is 2.62. The first-order chi connectivity index (χ1) is 7.62. The monoisotopic (exact) mass is 221 g/mol. The van der Waals surface area contributed by atoms with Crippen molar-refractivity contribution in [2.24, 2.45) is 0 Å². The molecule has 1 heterocycles. The molecule has 0 bridgehead atoms. The van der Waals surface area contributed by atoms with Gasteiger partial charge in [0, 0.05) is 23.3 Å². The fourth-order valence-electron chi connectivity index (χ4n) is 1.98. The van der Waals surface area contributed by atoms with E-state index in [2.05, 4.69) is 0 Å². The summed E-state index contributed by atoms with van der Waals surface area (Å²) < 4.78 is 5.17. The summed E-state index contributed by atoms with van der Waals surface area (Å²) in [4.78, 5) is 21.4. The molecule has 1 unspecified atom stereocenters. The number of nitro groups is 1. The van der Waals surface area contributed by atoms with Gasteiger partial charge in [-0.25, -0.2) is 0 Å². The summed E-state index contributed by atoms with van der Waals surface area (Å²) in [6.07, 6.45) is 0.611. The molecule has 1 aromatic rings. The lowest BCUT2D eigenvalue weighted by atomic mass is 9.91. The standard InChI is InChI=1S/C11H11NO4/c13-10-6-7-11(16-10,8-12(14)15)9-4-2-1-3-5-9/h1-5H,6-8H2. The minimum absolute atomic E-state index is 0.239. The fraction of sp³-hybridized carbons (Fsp3) is 0.364. The molecule has 1 aromatic carbocycles. The third kappa shape index (κ3) is 1.88. The van der Waals surface area contributed by atoms with Gasteiger partial charge in [0.1, 0.15) is 0 Å². The molecular formula is C11H11NO4. The molecule has 0 spiro atoms. The second-order valence-corrected chi connectivity index (χ2v) is 3.83. The molecule has 5 heteroatoms. The lowest BCUT2D eigenvalue weighted by Crippen LogP contribution is -2.34. The molecule has 0 amide bonds. The summed E-state index contributed by atoms with van der Waals surface area (Å²) >= 11 is 0. The summed E-state index contributed by atoms with van der Waals surface area (Å²) in [6, 6.07) is 8.89. The van der Waals surface area contributed by atoms with E-state index in [0.717, 1.165) is 0 Å². The van der Waals surface area contributed by atoms with E-state index in [-0.39, 0.29) is 18.9 Å². The zero-order chi connectivity index (χ0) is 11.6. The zero-order valence-corrected chi connectivity index (χ0v) is 8.59. The summed E-state index contributed by atoms with van der Waals surface area (Å²) in [6.45, 7) is -0.372. The number of cyclic esters (lactones) is 1. The molecule has 2 rings (SSSR count). The largest absolute Gasteiger partial charge is 0.447 e. The van der Waals surface area contributed by atoms with Gasteiger partial charge in [0.15, 0.2) is 0 Å². The molecule has 0 radical (unpaired) electrons. The third-order valence-electron chi connectivity index (χ3n) is 2.73. The van der Waals surface area contributed by atoms with E-state index in [4.69, 9.17) is 4.74 Å². The van der Waals surface area contributed by atoms with E-state index < -0.39 is 10.5 Å². The van der Waals surface area contributed by atoms with Gasteiger partial charge < -0.3 is 4.74 Å². The maximum Gasteiger partial charge on any atom is 0.307 e. The van der Waals surface area contributed by atoms with Crippen LogP contribution in [-0.2, 0) is 15.1 Å². The topological polar surface area (TPSA) is 69.4 Å². The van der Waals surface area contributed by atoms with Gasteiger partial charge in [-0.05, 0) is 0 Å². The molecule has 1 aliphatic rings. The van der Waals surface area contributed by atoms with Crippen LogP contribution in [0.2, 0.25) is 0 Å². The number of hydrogen-bond donors (Lipinski definition) is 0. The van der Waals surface area contributed by atoms with Gasteiger partial charge in [-0.1, -0.05) is 30.3 Å². The summed E-state index contributed by atoms with van der Waals surface area (Å²) in [7, 11) is 0. The van der Waals surface area contributed by atoms with E-state index in [1.807, 2.05) is 6.07 Å². The Labute approximate surface area is 92.2 Å². The number of carbonyl (C=O) groups excluding carboxylic acids is 1. The van der Waals surface area contributed by atoms with Crippen molar-refractivity contribution in [2.45, 2.75) is 18.4 Å². The predicted octanol–water partition coefficient (Wildman–Crippen LogP) is 1.50. The fourth-order valence-corrected chi connectivity index (χ4v) is 1.98. The highest BCUT2D eigenvalue weighted by Gasteiger charge is 2.46. The first-order valence-electron chi connectivity index (χ1n) is 5.02. The molecule has 0 aromatic heterocycles. The van der Waals surface area contributed by atoms with Gasteiger partial charge in [-0.3, -0.25) is 14.9 Å². The van der Waals surface area contributed by atoms with Crippen LogP contribution in [0.3, 0.4) is 0 Å².